The molecule has 9 heteroatoms. The van der Waals surface area contributed by atoms with Crippen molar-refractivity contribution in [3.05, 3.63) is 70.8 Å². The van der Waals surface area contributed by atoms with Gasteiger partial charge < -0.3 is 9.64 Å². The summed E-state index contributed by atoms with van der Waals surface area (Å²) in [5.41, 5.74) is 1.82. The quantitative estimate of drug-likeness (QED) is 0.400. The molecular weight excluding hydrogens is 459 g/mol. The van der Waals surface area contributed by atoms with Gasteiger partial charge in [0.25, 0.3) is 5.91 Å². The van der Waals surface area contributed by atoms with E-state index < -0.39 is 23.9 Å². The fourth-order valence-corrected chi connectivity index (χ4v) is 4.43. The molecule has 3 aliphatic rings. The molecule has 0 bridgehead atoms. The molecular formula is C26H28F3N3O3. The minimum Gasteiger partial charge on any atom is -0.452 e. The summed E-state index contributed by atoms with van der Waals surface area (Å²) >= 11 is 0. The SMILES string of the molecule is CCN1C(=O)/C(=C2C=C(/C=C/c3ccc(N4CCCCC4)cc3)OC(C(F)(F)F)=C/2)N(CC)C1=O. The van der Waals surface area contributed by atoms with Crippen LogP contribution in [0.2, 0.25) is 0 Å². The number of hydrogen-bond donors (Lipinski definition) is 0. The summed E-state index contributed by atoms with van der Waals surface area (Å²) in [4.78, 5) is 29.9. The summed E-state index contributed by atoms with van der Waals surface area (Å²) in [7, 11) is 0. The zero-order valence-corrected chi connectivity index (χ0v) is 19.8. The Bertz CT molecular complexity index is 1110. The second kappa shape index (κ2) is 10.0. The molecule has 186 valence electrons. The van der Waals surface area contributed by atoms with Crippen molar-refractivity contribution in [1.82, 2.24) is 9.80 Å². The first-order chi connectivity index (χ1) is 16.7. The van der Waals surface area contributed by atoms with Gasteiger partial charge in [-0.25, -0.2) is 4.79 Å². The predicted molar refractivity (Wildman–Crippen MR) is 127 cm³/mol. The highest BCUT2D eigenvalue weighted by Gasteiger charge is 2.43. The smallest absolute Gasteiger partial charge is 0.449 e. The van der Waals surface area contributed by atoms with Gasteiger partial charge in [-0.2, -0.15) is 13.2 Å². The van der Waals surface area contributed by atoms with Crippen LogP contribution in [-0.2, 0) is 9.53 Å². The van der Waals surface area contributed by atoms with Crippen molar-refractivity contribution in [3.63, 3.8) is 0 Å². The molecule has 3 heterocycles. The maximum atomic E-state index is 13.6. The fourth-order valence-electron chi connectivity index (χ4n) is 4.43. The van der Waals surface area contributed by atoms with E-state index in [9.17, 15) is 22.8 Å². The van der Waals surface area contributed by atoms with Crippen LogP contribution in [0, 0.1) is 0 Å². The Labute approximate surface area is 202 Å². The molecule has 0 radical (unpaired) electrons. The van der Waals surface area contributed by atoms with Gasteiger partial charge in [0.05, 0.1) is 0 Å². The second-order valence-corrected chi connectivity index (χ2v) is 8.51. The molecule has 0 N–H and O–H groups in total. The van der Waals surface area contributed by atoms with Crippen LogP contribution in [0.5, 0.6) is 0 Å². The van der Waals surface area contributed by atoms with Gasteiger partial charge in [-0.1, -0.05) is 18.2 Å². The maximum absolute atomic E-state index is 13.6. The molecule has 4 rings (SSSR count). The van der Waals surface area contributed by atoms with E-state index in [2.05, 4.69) is 4.90 Å². The average molecular weight is 488 g/mol. The van der Waals surface area contributed by atoms with Crippen LogP contribution in [0.4, 0.5) is 23.7 Å². The van der Waals surface area contributed by atoms with Crippen molar-refractivity contribution in [2.24, 2.45) is 0 Å². The van der Waals surface area contributed by atoms with Crippen LogP contribution in [0.15, 0.2) is 65.3 Å². The van der Waals surface area contributed by atoms with E-state index in [-0.39, 0.29) is 30.1 Å². The molecule has 2 fully saturated rings. The number of anilines is 1. The topological polar surface area (TPSA) is 53.1 Å². The van der Waals surface area contributed by atoms with E-state index in [0.29, 0.717) is 0 Å². The van der Waals surface area contributed by atoms with Gasteiger partial charge in [-0.3, -0.25) is 14.6 Å². The summed E-state index contributed by atoms with van der Waals surface area (Å²) < 4.78 is 45.9. The van der Waals surface area contributed by atoms with Crippen molar-refractivity contribution < 1.29 is 27.5 Å². The van der Waals surface area contributed by atoms with Gasteiger partial charge in [0.15, 0.2) is 0 Å². The van der Waals surface area contributed by atoms with Crippen LogP contribution in [-0.4, -0.2) is 54.1 Å². The summed E-state index contributed by atoms with van der Waals surface area (Å²) in [6.07, 6.45) is 4.03. The van der Waals surface area contributed by atoms with Gasteiger partial charge in [-0.15, -0.1) is 0 Å². The molecule has 0 aliphatic carbocycles. The normalized spacial score (nSPS) is 21.6. The first-order valence-corrected chi connectivity index (χ1v) is 11.8. The van der Waals surface area contributed by atoms with Gasteiger partial charge >= 0.3 is 12.2 Å². The molecule has 3 aliphatic heterocycles. The van der Waals surface area contributed by atoms with Crippen LogP contribution < -0.4 is 4.90 Å². The number of halogens is 3. The number of ether oxygens (including phenoxy) is 1. The maximum Gasteiger partial charge on any atom is 0.449 e. The number of urea groups is 1. The number of carbonyl (C=O) groups is 2. The third-order valence-corrected chi connectivity index (χ3v) is 6.23. The number of allylic oxidation sites excluding steroid dienone is 5. The fraction of sp³-hybridized carbons (Fsp3) is 0.385. The Morgan fingerprint density at radius 2 is 1.57 bits per heavy atom. The van der Waals surface area contributed by atoms with Crippen molar-refractivity contribution in [1.29, 1.82) is 0 Å². The summed E-state index contributed by atoms with van der Waals surface area (Å²) in [5.74, 6) is -1.94. The van der Waals surface area contributed by atoms with E-state index in [1.54, 1.807) is 19.9 Å². The summed E-state index contributed by atoms with van der Waals surface area (Å²) in [6, 6.07) is 7.25. The number of nitrogens with zero attached hydrogens (tertiary/aromatic N) is 3. The minimum absolute atomic E-state index is 0.0141. The molecule has 0 aromatic heterocycles. The molecule has 3 amide bonds. The Morgan fingerprint density at radius 3 is 2.17 bits per heavy atom. The van der Waals surface area contributed by atoms with Crippen LogP contribution in [0.25, 0.3) is 6.08 Å². The van der Waals surface area contributed by atoms with Crippen molar-refractivity contribution in [3.8, 4) is 0 Å². The highest BCUT2D eigenvalue weighted by molar-refractivity contribution is 6.12. The zero-order valence-electron chi connectivity index (χ0n) is 19.8. The third kappa shape index (κ3) is 5.13. The molecule has 0 atom stereocenters. The molecule has 1 aromatic carbocycles. The third-order valence-electron chi connectivity index (χ3n) is 6.23. The lowest BCUT2D eigenvalue weighted by molar-refractivity contribution is -0.125. The number of amides is 3. The molecule has 2 saturated heterocycles. The average Bonchev–Trinajstić information content (AvgIpc) is 3.11. The zero-order chi connectivity index (χ0) is 25.2. The largest absolute Gasteiger partial charge is 0.452 e. The predicted octanol–water partition coefficient (Wildman–Crippen LogP) is 5.61. The van der Waals surface area contributed by atoms with Gasteiger partial charge in [0.1, 0.15) is 11.5 Å². The number of piperidine rings is 1. The lowest BCUT2D eigenvalue weighted by Crippen LogP contribution is -2.32. The van der Waals surface area contributed by atoms with Crippen molar-refractivity contribution in [2.45, 2.75) is 39.3 Å². The lowest BCUT2D eigenvalue weighted by Gasteiger charge is -2.28. The number of imide groups is 1. The van der Waals surface area contributed by atoms with Crippen LogP contribution in [0.3, 0.4) is 0 Å². The van der Waals surface area contributed by atoms with Crippen LogP contribution in [0.1, 0.15) is 38.7 Å². The molecule has 0 unspecified atom stereocenters. The molecule has 0 saturated carbocycles. The summed E-state index contributed by atoms with van der Waals surface area (Å²) in [6.45, 7) is 5.62. The molecule has 35 heavy (non-hydrogen) atoms. The van der Waals surface area contributed by atoms with E-state index >= 15 is 0 Å². The van der Waals surface area contributed by atoms with Gasteiger partial charge in [0, 0.05) is 37.4 Å². The van der Waals surface area contributed by atoms with E-state index in [4.69, 9.17) is 4.74 Å². The Balaban J connectivity index is 1.64. The standard InChI is InChI=1S/C26H28F3N3O3/c1-3-31-23(24(33)32(4-2)25(31)34)19-16-21(35-22(17-19)26(27,28)29)13-10-18-8-11-20(12-9-18)30-14-6-5-7-15-30/h8-13,16-17H,3-7,14-15H2,1-2H3/b13-10+,23-19+. The van der Waals surface area contributed by atoms with E-state index in [1.807, 2.05) is 24.3 Å². The summed E-state index contributed by atoms with van der Waals surface area (Å²) in [5, 5.41) is 0. The Kier molecular flexibility index (Phi) is 7.05. The van der Waals surface area contributed by atoms with Crippen LogP contribution >= 0.6 is 0 Å². The number of hydrogen-bond acceptors (Lipinski definition) is 4. The first kappa shape index (κ1) is 24.6. The number of likely N-dealkylation sites (N-methyl/N-ethyl adjacent to an activating group) is 2. The molecule has 0 spiro atoms. The molecule has 1 aromatic rings. The Hall–Kier alpha value is -3.49. The number of rotatable bonds is 5. The first-order valence-electron chi connectivity index (χ1n) is 11.8. The van der Waals surface area contributed by atoms with E-state index in [0.717, 1.165) is 35.3 Å². The highest BCUT2D eigenvalue weighted by Crippen LogP contribution is 2.36. The van der Waals surface area contributed by atoms with E-state index in [1.165, 1.54) is 36.3 Å². The monoisotopic (exact) mass is 487 g/mol. The number of alkyl halides is 3. The second-order valence-electron chi connectivity index (χ2n) is 8.51. The van der Waals surface area contributed by atoms with Crippen molar-refractivity contribution in [2.75, 3.05) is 31.1 Å². The Morgan fingerprint density at radius 1 is 0.914 bits per heavy atom. The minimum atomic E-state index is -4.76. The highest BCUT2D eigenvalue weighted by atomic mass is 19.4. The lowest BCUT2D eigenvalue weighted by atomic mass is 10.1. The van der Waals surface area contributed by atoms with Crippen molar-refractivity contribution >= 4 is 23.7 Å². The van der Waals surface area contributed by atoms with Gasteiger partial charge in [0.2, 0.25) is 5.76 Å². The number of carbonyl (C=O) groups excluding carboxylic acids is 2. The number of benzene rings is 1. The van der Waals surface area contributed by atoms with Gasteiger partial charge in [-0.05, 0) is 69.0 Å². The molecule has 6 nitrogen and oxygen atoms in total.